The Morgan fingerprint density at radius 3 is 1.35 bits per heavy atom. The molecule has 0 heterocycles. The maximum Gasteiger partial charge on any atom is 0.410 e. The molecule has 0 N–H and O–H groups in total. The van der Waals surface area contributed by atoms with Gasteiger partial charge in [-0.05, 0) is 137 Å². The second-order valence-electron chi connectivity index (χ2n) is 20.3. The fraction of sp³-hybridized carbons (Fsp3) is 0.804. The zero-order chi connectivity index (χ0) is 48.0. The Balaban J connectivity index is 4.95. The van der Waals surface area contributed by atoms with E-state index in [0.717, 1.165) is 96.3 Å². The molecule has 11 nitrogen and oxygen atoms in total. The van der Waals surface area contributed by atoms with Crippen LogP contribution in [0.1, 0.15) is 192 Å². The monoisotopic (exact) mass is 907 g/mol. The van der Waals surface area contributed by atoms with Crippen molar-refractivity contribution < 1.29 is 42.6 Å². The SMILES string of the molecule is C=CCOC(=O)CCC/C=C\CCCC[C@H](CCC)N(CCOC(=O)CCC/C=C\CCCC[C@H](CCC)N(CCO[Si](C)(C)C(C)(C)C)C(=O)OC(C)(C)C)C(=O)OC(C)(C)C. The van der Waals surface area contributed by atoms with Gasteiger partial charge in [-0.15, -0.1) is 0 Å². The zero-order valence-electron chi connectivity index (χ0n) is 42.6. The third-order valence-corrected chi connectivity index (χ3v) is 15.6. The van der Waals surface area contributed by atoms with E-state index in [9.17, 15) is 19.2 Å². The van der Waals surface area contributed by atoms with Gasteiger partial charge in [0.15, 0.2) is 8.32 Å². The highest BCUT2D eigenvalue weighted by atomic mass is 28.4. The number of hydrogen-bond acceptors (Lipinski definition) is 9. The van der Waals surface area contributed by atoms with Crippen LogP contribution in [0.2, 0.25) is 18.1 Å². The van der Waals surface area contributed by atoms with E-state index >= 15 is 0 Å². The Kier molecular flexibility index (Phi) is 30.9. The molecular formula is C51H94N2O9Si. The van der Waals surface area contributed by atoms with Crippen molar-refractivity contribution in [1.82, 2.24) is 9.80 Å². The Bertz CT molecular complexity index is 1340. The molecule has 0 aromatic heterocycles. The second kappa shape index (κ2) is 32.5. The van der Waals surface area contributed by atoms with Crippen molar-refractivity contribution in [1.29, 1.82) is 0 Å². The maximum absolute atomic E-state index is 13.4. The lowest BCUT2D eigenvalue weighted by Gasteiger charge is -2.38. The Hall–Kier alpha value is -3.12. The van der Waals surface area contributed by atoms with E-state index < -0.39 is 19.5 Å². The van der Waals surface area contributed by atoms with Crippen molar-refractivity contribution in [3.05, 3.63) is 37.0 Å². The van der Waals surface area contributed by atoms with Crippen LogP contribution in [-0.4, -0.2) is 98.4 Å². The van der Waals surface area contributed by atoms with Gasteiger partial charge in [0.05, 0.1) is 13.2 Å². The first kappa shape index (κ1) is 59.9. The van der Waals surface area contributed by atoms with Gasteiger partial charge in [0.1, 0.15) is 24.4 Å². The quantitative estimate of drug-likeness (QED) is 0.0208. The molecule has 0 aliphatic heterocycles. The summed E-state index contributed by atoms with van der Waals surface area (Å²) in [6.07, 6.45) is 24.6. The average molecular weight is 907 g/mol. The van der Waals surface area contributed by atoms with Crippen LogP contribution in [0.15, 0.2) is 37.0 Å². The molecular weight excluding hydrogens is 813 g/mol. The van der Waals surface area contributed by atoms with Crippen LogP contribution in [0.5, 0.6) is 0 Å². The lowest BCUT2D eigenvalue weighted by Crippen LogP contribution is -2.47. The number of hydrogen-bond donors (Lipinski definition) is 0. The Labute approximate surface area is 386 Å². The van der Waals surface area contributed by atoms with Gasteiger partial charge in [0.2, 0.25) is 0 Å². The molecule has 0 aliphatic carbocycles. The van der Waals surface area contributed by atoms with Crippen LogP contribution in [0.4, 0.5) is 9.59 Å². The van der Waals surface area contributed by atoms with Crippen LogP contribution >= 0.6 is 0 Å². The molecule has 0 unspecified atom stereocenters. The van der Waals surface area contributed by atoms with Gasteiger partial charge >= 0.3 is 24.1 Å². The zero-order valence-corrected chi connectivity index (χ0v) is 43.6. The van der Waals surface area contributed by atoms with Gasteiger partial charge in [-0.3, -0.25) is 9.59 Å². The molecule has 0 aliphatic rings. The Morgan fingerprint density at radius 2 is 0.968 bits per heavy atom. The van der Waals surface area contributed by atoms with Crippen molar-refractivity contribution in [3.8, 4) is 0 Å². The number of carbonyl (C=O) groups is 4. The third-order valence-electron chi connectivity index (χ3n) is 11.1. The van der Waals surface area contributed by atoms with Crippen LogP contribution < -0.4 is 0 Å². The number of carbonyl (C=O) groups excluding carboxylic acids is 4. The summed E-state index contributed by atoms with van der Waals surface area (Å²) in [5, 5.41) is 0.101. The van der Waals surface area contributed by atoms with E-state index in [1.165, 1.54) is 0 Å². The smallest absolute Gasteiger partial charge is 0.410 e. The first-order chi connectivity index (χ1) is 29.5. The second-order valence-corrected chi connectivity index (χ2v) is 25.1. The molecule has 0 spiro atoms. The van der Waals surface area contributed by atoms with Gasteiger partial charge < -0.3 is 33.2 Å². The van der Waals surface area contributed by atoms with Crippen LogP contribution in [0, 0.1) is 0 Å². The highest BCUT2D eigenvalue weighted by Gasteiger charge is 2.38. The number of rotatable bonds is 33. The molecule has 0 fully saturated rings. The largest absolute Gasteiger partial charge is 0.464 e. The lowest BCUT2D eigenvalue weighted by atomic mass is 10.0. The maximum atomic E-state index is 13.4. The van der Waals surface area contributed by atoms with Crippen LogP contribution in [0.25, 0.3) is 0 Å². The molecule has 2 atom stereocenters. The molecule has 366 valence electrons. The first-order valence-electron chi connectivity index (χ1n) is 24.3. The molecule has 12 heteroatoms. The van der Waals surface area contributed by atoms with E-state index in [1.54, 1.807) is 11.0 Å². The lowest BCUT2D eigenvalue weighted by molar-refractivity contribution is -0.144. The summed E-state index contributed by atoms with van der Waals surface area (Å²) in [6.45, 7) is 32.0. The van der Waals surface area contributed by atoms with Crippen LogP contribution in [-0.2, 0) is 33.0 Å². The van der Waals surface area contributed by atoms with Gasteiger partial charge in [0, 0.05) is 31.5 Å². The van der Waals surface area contributed by atoms with Crippen molar-refractivity contribution in [2.45, 2.75) is 233 Å². The minimum absolute atomic E-state index is 0.00678. The number of amides is 2. The summed E-state index contributed by atoms with van der Waals surface area (Å²) in [7, 11) is -1.94. The van der Waals surface area contributed by atoms with Crippen molar-refractivity contribution in [2.24, 2.45) is 0 Å². The van der Waals surface area contributed by atoms with Gasteiger partial charge in [-0.1, -0.05) is 97.3 Å². The summed E-state index contributed by atoms with van der Waals surface area (Å²) in [6, 6.07) is 0.0904. The normalized spacial score (nSPS) is 13.5. The molecule has 0 rings (SSSR count). The molecule has 63 heavy (non-hydrogen) atoms. The first-order valence-corrected chi connectivity index (χ1v) is 27.2. The standard InChI is InChI=1S/C51H94N2O9Si/c1-15-32-43(34-28-24-20-18-22-26-30-36-45(54)58-40-17-3)52(47(56)61-49(4,5)6)38-41-59-46(55)37-31-27-23-19-21-25-29-35-44(33-16-2)53(48(57)62-50(7,8)9)39-42-60-63(13,14)51(10,11)12/h17-19,22-23,43-44H,3,15-16,20-21,24-42H2,1-2,4-14H3/b22-18-,23-19-/t43-,44-/m0/s1. The number of esters is 2. The van der Waals surface area contributed by atoms with Gasteiger partial charge in [0.25, 0.3) is 0 Å². The summed E-state index contributed by atoms with van der Waals surface area (Å²) in [5.41, 5.74) is -1.20. The van der Waals surface area contributed by atoms with E-state index in [-0.39, 0.29) is 54.5 Å². The summed E-state index contributed by atoms with van der Waals surface area (Å²) < 4.78 is 28.8. The molecule has 2 amide bonds. The van der Waals surface area contributed by atoms with Gasteiger partial charge in [-0.2, -0.15) is 0 Å². The van der Waals surface area contributed by atoms with Crippen molar-refractivity contribution in [2.75, 3.05) is 32.9 Å². The molecule has 0 aromatic rings. The summed E-state index contributed by atoms with van der Waals surface area (Å²) in [5.74, 6) is -0.453. The summed E-state index contributed by atoms with van der Waals surface area (Å²) >= 11 is 0. The summed E-state index contributed by atoms with van der Waals surface area (Å²) in [4.78, 5) is 54.8. The molecule has 0 aromatic carbocycles. The molecule has 0 radical (unpaired) electrons. The third kappa shape index (κ3) is 30.6. The fourth-order valence-corrected chi connectivity index (χ4v) is 7.75. The van der Waals surface area contributed by atoms with E-state index in [1.807, 2.05) is 46.4 Å². The fourth-order valence-electron chi connectivity index (χ4n) is 6.72. The molecule has 0 bridgehead atoms. The predicted octanol–water partition coefficient (Wildman–Crippen LogP) is 13.7. The van der Waals surface area contributed by atoms with Gasteiger partial charge in [-0.25, -0.2) is 9.59 Å². The number of unbranched alkanes of at least 4 members (excludes halogenated alkanes) is 6. The topological polar surface area (TPSA) is 121 Å². The van der Waals surface area contributed by atoms with E-state index in [0.29, 0.717) is 39.0 Å². The van der Waals surface area contributed by atoms with E-state index in [4.69, 9.17) is 23.4 Å². The predicted molar refractivity (Wildman–Crippen MR) is 261 cm³/mol. The minimum Gasteiger partial charge on any atom is -0.464 e. The van der Waals surface area contributed by atoms with E-state index in [2.05, 4.69) is 78.6 Å². The van der Waals surface area contributed by atoms with Crippen molar-refractivity contribution >= 4 is 32.4 Å². The number of nitrogens with zero attached hydrogens (tertiary/aromatic N) is 2. The highest BCUT2D eigenvalue weighted by molar-refractivity contribution is 6.74. The highest BCUT2D eigenvalue weighted by Crippen LogP contribution is 2.36. The minimum atomic E-state index is -1.94. The number of ether oxygens (including phenoxy) is 4. The molecule has 0 saturated carbocycles. The molecule has 0 saturated heterocycles. The van der Waals surface area contributed by atoms with Crippen molar-refractivity contribution in [3.63, 3.8) is 0 Å². The number of allylic oxidation sites excluding steroid dienone is 4. The Morgan fingerprint density at radius 1 is 0.571 bits per heavy atom. The van der Waals surface area contributed by atoms with Crippen LogP contribution in [0.3, 0.4) is 0 Å². The average Bonchev–Trinajstić information content (AvgIpc) is 3.16.